The number of fused-ring (bicyclic) bond motifs is 2. The number of unbranched alkanes of at least 4 members (excludes halogenated alkanes) is 4. The minimum absolute atomic E-state index is 0.00868. The van der Waals surface area contributed by atoms with E-state index in [1.165, 1.54) is 22.4 Å². The molecule has 2 atom stereocenters. The summed E-state index contributed by atoms with van der Waals surface area (Å²) in [5, 5.41) is 3.92. The average molecular weight is 827 g/mol. The number of hydrogen-bond acceptors (Lipinski definition) is 4. The minimum atomic E-state index is -5.10. The van der Waals surface area contributed by atoms with Crippen LogP contribution >= 0.6 is 23.2 Å². The van der Waals surface area contributed by atoms with E-state index in [9.17, 15) is 35.9 Å². The molecule has 2 fully saturated rings. The lowest BCUT2D eigenvalue weighted by molar-refractivity contribution is -0.143. The maximum Gasteiger partial charge on any atom is 0.416 e. The van der Waals surface area contributed by atoms with Crippen molar-refractivity contribution in [2.75, 3.05) is 39.3 Å². The van der Waals surface area contributed by atoms with Gasteiger partial charge in [0.05, 0.1) is 34.3 Å². The van der Waals surface area contributed by atoms with Gasteiger partial charge in [-0.1, -0.05) is 86.1 Å². The number of rotatable bonds is 12. The summed E-state index contributed by atoms with van der Waals surface area (Å²) in [5.74, 6) is -0.888. The molecule has 1 N–H and O–H groups in total. The zero-order valence-corrected chi connectivity index (χ0v) is 32.8. The van der Waals surface area contributed by atoms with Gasteiger partial charge in [0.15, 0.2) is 0 Å². The molecule has 2 heterocycles. The number of alkyl halides is 6. The van der Waals surface area contributed by atoms with Gasteiger partial charge in [0, 0.05) is 36.5 Å². The highest BCUT2D eigenvalue weighted by Gasteiger charge is 2.49. The second-order valence-corrected chi connectivity index (χ2v) is 16.2. The van der Waals surface area contributed by atoms with Crippen LogP contribution < -0.4 is 5.32 Å². The van der Waals surface area contributed by atoms with Gasteiger partial charge in [-0.05, 0) is 92.2 Å². The first-order valence-corrected chi connectivity index (χ1v) is 20.1. The highest BCUT2D eigenvalue weighted by molar-refractivity contribution is 6.42. The van der Waals surface area contributed by atoms with Crippen molar-refractivity contribution >= 4 is 35.0 Å². The fourth-order valence-corrected chi connectivity index (χ4v) is 9.03. The molecule has 6 rings (SSSR count). The molecule has 304 valence electrons. The first-order valence-electron chi connectivity index (χ1n) is 19.3. The lowest BCUT2D eigenvalue weighted by Crippen LogP contribution is -2.55. The van der Waals surface area contributed by atoms with Crippen LogP contribution in [-0.4, -0.2) is 67.0 Å². The van der Waals surface area contributed by atoms with E-state index in [4.69, 9.17) is 27.9 Å². The van der Waals surface area contributed by atoms with Gasteiger partial charge < -0.3 is 19.9 Å². The molecule has 0 radical (unpaired) electrons. The number of carbonyl (C=O) groups excluding carboxylic acids is 2. The van der Waals surface area contributed by atoms with Gasteiger partial charge in [0.1, 0.15) is 5.60 Å². The van der Waals surface area contributed by atoms with Crippen molar-refractivity contribution in [2.24, 2.45) is 0 Å². The minimum Gasteiger partial charge on any atom is -0.367 e. The van der Waals surface area contributed by atoms with E-state index in [2.05, 4.69) is 29.3 Å². The van der Waals surface area contributed by atoms with Gasteiger partial charge in [-0.15, -0.1) is 0 Å². The molecule has 2 saturated heterocycles. The number of likely N-dealkylation sites (tertiary alicyclic amines) is 1. The van der Waals surface area contributed by atoms with Crippen molar-refractivity contribution in [1.29, 1.82) is 0 Å². The van der Waals surface area contributed by atoms with Gasteiger partial charge in [-0.25, -0.2) is 0 Å². The Kier molecular flexibility index (Phi) is 13.0. The number of benzene rings is 3. The highest BCUT2D eigenvalue weighted by Crippen LogP contribution is 2.47. The Bertz CT molecular complexity index is 1850. The summed E-state index contributed by atoms with van der Waals surface area (Å²) < 4.78 is 88.6. The standard InChI is InChI=1S/C42H47Cl2F6N3O3/c1-2-3-4-5-6-11-37(54)51-36-24-28-9-7-8-10-33(28)39(36)14-17-52(18-15-39)19-16-40(30-12-13-34(43)35(44)26-30)27-53(20-21-56-40)38(55)29-22-31(41(45,46)47)25-32(23-29)42(48,49)50/h7-10,12-13,22-23,25-26,36H,2-6,11,14-21,24,27H2,1H3,(H,51,54)/t36?,40-/m0/s1. The fourth-order valence-electron chi connectivity index (χ4n) is 8.73. The molecule has 1 spiro atoms. The van der Waals surface area contributed by atoms with Crippen molar-refractivity contribution in [3.05, 3.63) is 104 Å². The van der Waals surface area contributed by atoms with Crippen molar-refractivity contribution in [3.8, 4) is 0 Å². The van der Waals surface area contributed by atoms with E-state index >= 15 is 0 Å². The van der Waals surface area contributed by atoms with E-state index in [1.54, 1.807) is 18.2 Å². The summed E-state index contributed by atoms with van der Waals surface area (Å²) >= 11 is 12.7. The molecule has 56 heavy (non-hydrogen) atoms. The molecule has 6 nitrogen and oxygen atoms in total. The Balaban J connectivity index is 1.20. The number of nitrogens with one attached hydrogen (secondary N) is 1. The van der Waals surface area contributed by atoms with Crippen molar-refractivity contribution in [3.63, 3.8) is 0 Å². The number of piperidine rings is 1. The molecule has 0 bridgehead atoms. The summed E-state index contributed by atoms with van der Waals surface area (Å²) in [7, 11) is 0. The molecule has 0 aromatic heterocycles. The number of ether oxygens (including phenoxy) is 1. The van der Waals surface area contributed by atoms with Crippen molar-refractivity contribution in [1.82, 2.24) is 15.1 Å². The Labute approximate surface area is 333 Å². The van der Waals surface area contributed by atoms with E-state index in [0.29, 0.717) is 50.2 Å². The number of amides is 2. The van der Waals surface area contributed by atoms with Crippen LogP contribution in [-0.2, 0) is 39.3 Å². The van der Waals surface area contributed by atoms with E-state index in [0.717, 1.165) is 44.9 Å². The average Bonchev–Trinajstić information content (AvgIpc) is 3.45. The second kappa shape index (κ2) is 17.3. The predicted molar refractivity (Wildman–Crippen MR) is 204 cm³/mol. The Morgan fingerprint density at radius 2 is 1.54 bits per heavy atom. The SMILES string of the molecule is CCCCCCCC(=O)NC1Cc2ccccc2C12CCN(CC[C@@]1(c3ccc(Cl)c(Cl)c3)CN(C(=O)c3cc(C(F)(F)F)cc(C(F)(F)F)c3)CCO1)CC2. The number of nitrogens with zero attached hydrogens (tertiary/aromatic N) is 2. The third-order valence-corrected chi connectivity index (χ3v) is 12.6. The van der Waals surface area contributed by atoms with Crippen LogP contribution in [0.5, 0.6) is 0 Å². The Morgan fingerprint density at radius 3 is 2.20 bits per heavy atom. The van der Waals surface area contributed by atoms with Gasteiger partial charge in [0.2, 0.25) is 5.91 Å². The molecular weight excluding hydrogens is 779 g/mol. The van der Waals surface area contributed by atoms with E-state index in [-0.39, 0.29) is 53.2 Å². The molecular formula is C42H47Cl2F6N3O3. The largest absolute Gasteiger partial charge is 0.416 e. The topological polar surface area (TPSA) is 61.9 Å². The van der Waals surface area contributed by atoms with Crippen LogP contribution in [0.4, 0.5) is 26.3 Å². The lowest BCUT2D eigenvalue weighted by Gasteiger charge is -2.46. The zero-order chi connectivity index (χ0) is 40.3. The smallest absolute Gasteiger partial charge is 0.367 e. The summed E-state index contributed by atoms with van der Waals surface area (Å²) in [6.45, 7) is 3.89. The molecule has 3 aromatic carbocycles. The first kappa shape index (κ1) is 42.3. The molecule has 1 aliphatic carbocycles. The lowest BCUT2D eigenvalue weighted by atomic mass is 9.71. The highest BCUT2D eigenvalue weighted by atomic mass is 35.5. The summed E-state index contributed by atoms with van der Waals surface area (Å²) in [6, 6.07) is 14.2. The van der Waals surface area contributed by atoms with Crippen LogP contribution in [0.1, 0.15) is 103 Å². The zero-order valence-electron chi connectivity index (χ0n) is 31.3. The normalized spacial score (nSPS) is 21.3. The monoisotopic (exact) mass is 825 g/mol. The van der Waals surface area contributed by atoms with E-state index in [1.807, 2.05) is 12.1 Å². The van der Waals surface area contributed by atoms with Crippen molar-refractivity contribution < 1.29 is 40.7 Å². The van der Waals surface area contributed by atoms with Crippen LogP contribution in [0, 0.1) is 0 Å². The maximum absolute atomic E-state index is 13.8. The molecule has 0 saturated carbocycles. The van der Waals surface area contributed by atoms with Crippen LogP contribution in [0.2, 0.25) is 10.0 Å². The molecule has 14 heteroatoms. The number of hydrogen-bond donors (Lipinski definition) is 1. The van der Waals surface area contributed by atoms with Gasteiger partial charge in [0.25, 0.3) is 5.91 Å². The Hall–Kier alpha value is -3.32. The first-order chi connectivity index (χ1) is 26.5. The number of halogens is 8. The summed E-state index contributed by atoms with van der Waals surface area (Å²) in [6.07, 6.45) is -1.64. The fraction of sp³-hybridized carbons (Fsp3) is 0.524. The third kappa shape index (κ3) is 9.35. The van der Waals surface area contributed by atoms with Crippen LogP contribution in [0.25, 0.3) is 0 Å². The Morgan fingerprint density at radius 1 is 0.857 bits per heavy atom. The van der Waals surface area contributed by atoms with Crippen LogP contribution in [0.15, 0.2) is 60.7 Å². The second-order valence-electron chi connectivity index (χ2n) is 15.4. The quantitative estimate of drug-likeness (QED) is 0.146. The third-order valence-electron chi connectivity index (χ3n) is 11.8. The molecule has 3 aromatic rings. The summed E-state index contributed by atoms with van der Waals surface area (Å²) in [4.78, 5) is 30.5. The van der Waals surface area contributed by atoms with Crippen LogP contribution in [0.3, 0.4) is 0 Å². The molecule has 2 aliphatic heterocycles. The maximum atomic E-state index is 13.8. The van der Waals surface area contributed by atoms with Gasteiger partial charge in [-0.3, -0.25) is 9.59 Å². The van der Waals surface area contributed by atoms with Crippen molar-refractivity contribution in [2.45, 2.75) is 101 Å². The predicted octanol–water partition coefficient (Wildman–Crippen LogP) is 10.2. The molecule has 1 unspecified atom stereocenters. The van der Waals surface area contributed by atoms with E-state index < -0.39 is 40.6 Å². The molecule has 3 aliphatic rings. The van der Waals surface area contributed by atoms with Gasteiger partial charge in [-0.2, -0.15) is 26.3 Å². The number of carbonyl (C=O) groups is 2. The van der Waals surface area contributed by atoms with Gasteiger partial charge >= 0.3 is 12.4 Å². The molecule has 2 amide bonds. The number of morpholine rings is 1. The summed E-state index contributed by atoms with van der Waals surface area (Å²) in [5.41, 5.74) is -2.15.